The van der Waals surface area contributed by atoms with Crippen molar-refractivity contribution in [1.29, 1.82) is 0 Å². The van der Waals surface area contributed by atoms with Gasteiger partial charge in [-0.05, 0) is 32.3 Å². The standard InChI is InChI=1S/C16H22N4O/c1-11(17)13-8-5-6-10-20(13)16(21)15-12-7-3-4-9-14(12)19(2)18-15/h3-4,7,9,11,13H,5-6,8,10,17H2,1-2H3. The van der Waals surface area contributed by atoms with E-state index in [0.717, 1.165) is 36.7 Å². The Labute approximate surface area is 124 Å². The van der Waals surface area contributed by atoms with Crippen molar-refractivity contribution in [3.05, 3.63) is 30.0 Å². The van der Waals surface area contributed by atoms with Gasteiger partial charge in [-0.25, -0.2) is 0 Å². The number of fused-ring (bicyclic) bond motifs is 1. The molecule has 1 saturated heterocycles. The Morgan fingerprint density at radius 1 is 1.38 bits per heavy atom. The number of piperidine rings is 1. The topological polar surface area (TPSA) is 64.2 Å². The van der Waals surface area contributed by atoms with Gasteiger partial charge in [-0.15, -0.1) is 0 Å². The van der Waals surface area contributed by atoms with Crippen LogP contribution in [-0.4, -0.2) is 39.2 Å². The van der Waals surface area contributed by atoms with Crippen molar-refractivity contribution in [2.24, 2.45) is 12.8 Å². The SMILES string of the molecule is CC(N)C1CCCCN1C(=O)c1nn(C)c2ccccc12. The minimum absolute atomic E-state index is 0.00815. The van der Waals surface area contributed by atoms with E-state index in [9.17, 15) is 4.79 Å². The van der Waals surface area contributed by atoms with Crippen LogP contribution in [-0.2, 0) is 7.05 Å². The molecule has 112 valence electrons. The van der Waals surface area contributed by atoms with E-state index >= 15 is 0 Å². The van der Waals surface area contributed by atoms with Gasteiger partial charge in [0.2, 0.25) is 0 Å². The van der Waals surface area contributed by atoms with Gasteiger partial charge in [-0.3, -0.25) is 9.48 Å². The van der Waals surface area contributed by atoms with E-state index in [1.54, 1.807) is 4.68 Å². The van der Waals surface area contributed by atoms with Crippen molar-refractivity contribution >= 4 is 16.8 Å². The van der Waals surface area contributed by atoms with Crippen LogP contribution in [0.15, 0.2) is 24.3 Å². The normalized spacial score (nSPS) is 20.7. The van der Waals surface area contributed by atoms with Crippen LogP contribution in [0.25, 0.3) is 10.9 Å². The number of para-hydroxylation sites is 1. The van der Waals surface area contributed by atoms with Gasteiger partial charge in [0.1, 0.15) is 0 Å². The van der Waals surface area contributed by atoms with Crippen molar-refractivity contribution < 1.29 is 4.79 Å². The van der Waals surface area contributed by atoms with Gasteiger partial charge in [0.25, 0.3) is 5.91 Å². The Balaban J connectivity index is 1.99. The lowest BCUT2D eigenvalue weighted by Crippen LogP contribution is -2.51. The van der Waals surface area contributed by atoms with Crippen LogP contribution < -0.4 is 5.73 Å². The second-order valence-electron chi connectivity index (χ2n) is 5.91. The molecule has 0 saturated carbocycles. The summed E-state index contributed by atoms with van der Waals surface area (Å²) < 4.78 is 1.77. The number of hydrogen-bond donors (Lipinski definition) is 1. The maximum atomic E-state index is 12.9. The molecule has 1 aromatic heterocycles. The molecule has 1 fully saturated rings. The third-order valence-electron chi connectivity index (χ3n) is 4.38. The first kappa shape index (κ1) is 14.1. The molecular formula is C16H22N4O. The number of nitrogens with zero attached hydrogens (tertiary/aromatic N) is 3. The minimum Gasteiger partial charge on any atom is -0.333 e. The van der Waals surface area contributed by atoms with E-state index < -0.39 is 0 Å². The first-order chi connectivity index (χ1) is 10.1. The Hall–Kier alpha value is -1.88. The smallest absolute Gasteiger partial charge is 0.275 e. The van der Waals surface area contributed by atoms with Gasteiger partial charge in [0, 0.05) is 31.1 Å². The van der Waals surface area contributed by atoms with E-state index in [1.807, 2.05) is 43.1 Å². The molecule has 1 amide bonds. The average molecular weight is 286 g/mol. The molecule has 2 N–H and O–H groups in total. The number of amides is 1. The van der Waals surface area contributed by atoms with Gasteiger partial charge >= 0.3 is 0 Å². The number of aryl methyl sites for hydroxylation is 1. The Morgan fingerprint density at radius 2 is 2.14 bits per heavy atom. The van der Waals surface area contributed by atoms with Gasteiger partial charge in [-0.2, -0.15) is 5.10 Å². The van der Waals surface area contributed by atoms with E-state index in [0.29, 0.717) is 5.69 Å². The summed E-state index contributed by atoms with van der Waals surface area (Å²) in [5, 5.41) is 5.36. The van der Waals surface area contributed by atoms with Crippen molar-refractivity contribution in [2.75, 3.05) is 6.54 Å². The van der Waals surface area contributed by atoms with E-state index in [2.05, 4.69) is 5.10 Å². The summed E-state index contributed by atoms with van der Waals surface area (Å²) in [6.07, 6.45) is 3.16. The summed E-state index contributed by atoms with van der Waals surface area (Å²) in [6.45, 7) is 2.75. The monoisotopic (exact) mass is 286 g/mol. The third-order valence-corrected chi connectivity index (χ3v) is 4.38. The predicted molar refractivity (Wildman–Crippen MR) is 83.0 cm³/mol. The largest absolute Gasteiger partial charge is 0.333 e. The molecule has 21 heavy (non-hydrogen) atoms. The number of carbonyl (C=O) groups excluding carboxylic acids is 1. The third kappa shape index (κ3) is 2.42. The van der Waals surface area contributed by atoms with Gasteiger partial charge in [-0.1, -0.05) is 18.2 Å². The van der Waals surface area contributed by atoms with E-state index in [-0.39, 0.29) is 18.0 Å². The Morgan fingerprint density at radius 3 is 2.90 bits per heavy atom. The zero-order valence-corrected chi connectivity index (χ0v) is 12.6. The summed E-state index contributed by atoms with van der Waals surface area (Å²) in [7, 11) is 1.87. The average Bonchev–Trinajstić information content (AvgIpc) is 2.84. The molecule has 1 aliphatic heterocycles. The number of nitrogens with two attached hydrogens (primary N) is 1. The molecule has 5 nitrogen and oxygen atoms in total. The second kappa shape index (κ2) is 5.48. The molecule has 0 spiro atoms. The first-order valence-electron chi connectivity index (χ1n) is 7.58. The fourth-order valence-electron chi connectivity index (χ4n) is 3.26. The lowest BCUT2D eigenvalue weighted by atomic mass is 9.96. The maximum absolute atomic E-state index is 12.9. The van der Waals surface area contributed by atoms with Gasteiger partial charge in [0.15, 0.2) is 5.69 Å². The van der Waals surface area contributed by atoms with Crippen molar-refractivity contribution in [2.45, 2.75) is 38.3 Å². The van der Waals surface area contributed by atoms with Crippen LogP contribution in [0.4, 0.5) is 0 Å². The lowest BCUT2D eigenvalue weighted by Gasteiger charge is -2.37. The fourth-order valence-corrected chi connectivity index (χ4v) is 3.26. The highest BCUT2D eigenvalue weighted by molar-refractivity contribution is 6.05. The molecule has 2 heterocycles. The van der Waals surface area contributed by atoms with E-state index in [4.69, 9.17) is 5.73 Å². The van der Waals surface area contributed by atoms with Crippen LogP contribution in [0.5, 0.6) is 0 Å². The molecule has 2 aromatic rings. The summed E-state index contributed by atoms with van der Waals surface area (Å²) in [5.74, 6) is 0.00815. The fraction of sp³-hybridized carbons (Fsp3) is 0.500. The van der Waals surface area contributed by atoms with Crippen LogP contribution in [0.3, 0.4) is 0 Å². The minimum atomic E-state index is -0.00998. The summed E-state index contributed by atoms with van der Waals surface area (Å²) in [6, 6.07) is 7.96. The quantitative estimate of drug-likeness (QED) is 0.917. The van der Waals surface area contributed by atoms with Crippen LogP contribution in [0.1, 0.15) is 36.7 Å². The number of aromatic nitrogens is 2. The molecule has 3 rings (SSSR count). The number of benzene rings is 1. The zero-order chi connectivity index (χ0) is 15.0. The van der Waals surface area contributed by atoms with Crippen LogP contribution in [0, 0.1) is 0 Å². The molecule has 1 aromatic carbocycles. The van der Waals surface area contributed by atoms with Crippen molar-refractivity contribution in [3.63, 3.8) is 0 Å². The zero-order valence-electron chi connectivity index (χ0n) is 12.6. The van der Waals surface area contributed by atoms with Gasteiger partial charge < -0.3 is 10.6 Å². The Kier molecular flexibility index (Phi) is 3.68. The molecule has 2 atom stereocenters. The van der Waals surface area contributed by atoms with E-state index in [1.165, 1.54) is 0 Å². The van der Waals surface area contributed by atoms with Crippen molar-refractivity contribution in [1.82, 2.24) is 14.7 Å². The summed E-state index contributed by atoms with van der Waals surface area (Å²) >= 11 is 0. The lowest BCUT2D eigenvalue weighted by molar-refractivity contribution is 0.0579. The summed E-state index contributed by atoms with van der Waals surface area (Å²) in [4.78, 5) is 14.9. The number of rotatable bonds is 2. The summed E-state index contributed by atoms with van der Waals surface area (Å²) in [5.41, 5.74) is 7.60. The second-order valence-corrected chi connectivity index (χ2v) is 5.91. The van der Waals surface area contributed by atoms with Crippen LogP contribution >= 0.6 is 0 Å². The molecular weight excluding hydrogens is 264 g/mol. The van der Waals surface area contributed by atoms with Crippen LogP contribution in [0.2, 0.25) is 0 Å². The number of likely N-dealkylation sites (tertiary alicyclic amines) is 1. The molecule has 5 heteroatoms. The molecule has 0 bridgehead atoms. The Bertz CT molecular complexity index is 661. The highest BCUT2D eigenvalue weighted by Gasteiger charge is 2.31. The highest BCUT2D eigenvalue weighted by Crippen LogP contribution is 2.24. The number of carbonyl (C=O) groups is 1. The first-order valence-corrected chi connectivity index (χ1v) is 7.58. The van der Waals surface area contributed by atoms with Gasteiger partial charge in [0.05, 0.1) is 5.52 Å². The molecule has 0 aliphatic carbocycles. The molecule has 2 unspecified atom stereocenters. The highest BCUT2D eigenvalue weighted by atomic mass is 16.2. The van der Waals surface area contributed by atoms with Crippen molar-refractivity contribution in [3.8, 4) is 0 Å². The number of hydrogen-bond acceptors (Lipinski definition) is 3. The maximum Gasteiger partial charge on any atom is 0.275 e. The predicted octanol–water partition coefficient (Wildman–Crippen LogP) is 1.92. The molecule has 1 aliphatic rings. The molecule has 0 radical (unpaired) electrons.